The molecule has 1 unspecified atom stereocenters. The van der Waals surface area contributed by atoms with Gasteiger partial charge in [-0.1, -0.05) is 13.8 Å². The molecule has 0 saturated heterocycles. The van der Waals surface area contributed by atoms with Gasteiger partial charge in [0.05, 0.1) is 6.61 Å². The highest BCUT2D eigenvalue weighted by atomic mass is 31.2. The van der Waals surface area contributed by atoms with Crippen LogP contribution in [0.3, 0.4) is 0 Å². The van der Waals surface area contributed by atoms with Crippen LogP contribution in [0.25, 0.3) is 0 Å². The normalized spacial score (nSPS) is 14.3. The van der Waals surface area contributed by atoms with Crippen LogP contribution in [-0.4, -0.2) is 18.6 Å². The summed E-state index contributed by atoms with van der Waals surface area (Å²) in [6.07, 6.45) is 0. The maximum absolute atomic E-state index is 8.73. The lowest BCUT2D eigenvalue weighted by atomic mass is 10.2. The Labute approximate surface area is 57.0 Å². The molecular weight excluding hydrogens is 139 g/mol. The van der Waals surface area contributed by atoms with Crippen molar-refractivity contribution < 1.29 is 13.9 Å². The molecule has 0 heterocycles. The molecule has 0 saturated carbocycles. The molecule has 0 aromatic carbocycles. The standard InChI is InChI=1S/C5H13O3P/c1-5(2)4-8-9(6)7-3/h5-6H,4H2,1-3H3. The van der Waals surface area contributed by atoms with Crippen molar-refractivity contribution in [3.05, 3.63) is 0 Å². The van der Waals surface area contributed by atoms with Crippen LogP contribution in [0.5, 0.6) is 0 Å². The average molecular weight is 152 g/mol. The van der Waals surface area contributed by atoms with Crippen molar-refractivity contribution in [2.75, 3.05) is 13.7 Å². The molecule has 0 aliphatic heterocycles. The lowest BCUT2D eigenvalue weighted by Gasteiger charge is -2.08. The minimum atomic E-state index is -1.61. The summed E-state index contributed by atoms with van der Waals surface area (Å²) >= 11 is 0. The van der Waals surface area contributed by atoms with E-state index in [0.29, 0.717) is 12.5 Å². The molecule has 0 bridgehead atoms. The molecular formula is C5H13O3P. The Morgan fingerprint density at radius 3 is 2.44 bits per heavy atom. The first-order chi connectivity index (χ1) is 4.16. The Hall–Kier alpha value is 0.310. The second kappa shape index (κ2) is 5.12. The Morgan fingerprint density at radius 1 is 1.56 bits per heavy atom. The molecule has 0 aromatic rings. The highest BCUT2D eigenvalue weighted by Gasteiger charge is 2.03. The van der Waals surface area contributed by atoms with Crippen molar-refractivity contribution in [1.82, 2.24) is 0 Å². The van der Waals surface area contributed by atoms with Crippen LogP contribution in [0.1, 0.15) is 13.8 Å². The van der Waals surface area contributed by atoms with Gasteiger partial charge in [0.25, 0.3) is 0 Å². The van der Waals surface area contributed by atoms with Crippen molar-refractivity contribution >= 4 is 8.60 Å². The van der Waals surface area contributed by atoms with Crippen LogP contribution < -0.4 is 0 Å². The summed E-state index contributed by atoms with van der Waals surface area (Å²) in [6.45, 7) is 4.58. The highest BCUT2D eigenvalue weighted by molar-refractivity contribution is 7.40. The van der Waals surface area contributed by atoms with Crippen LogP contribution in [-0.2, 0) is 9.05 Å². The minimum Gasteiger partial charge on any atom is -0.328 e. The zero-order valence-corrected chi connectivity index (χ0v) is 6.89. The van der Waals surface area contributed by atoms with Gasteiger partial charge < -0.3 is 13.9 Å². The molecule has 56 valence electrons. The third-order valence-corrected chi connectivity index (χ3v) is 1.36. The van der Waals surface area contributed by atoms with E-state index in [4.69, 9.17) is 9.42 Å². The average Bonchev–Trinajstić information content (AvgIpc) is 1.83. The van der Waals surface area contributed by atoms with Gasteiger partial charge in [-0.25, -0.2) is 0 Å². The van der Waals surface area contributed by atoms with Crippen molar-refractivity contribution in [3.8, 4) is 0 Å². The van der Waals surface area contributed by atoms with Crippen LogP contribution in [0.4, 0.5) is 0 Å². The molecule has 1 N–H and O–H groups in total. The van der Waals surface area contributed by atoms with Gasteiger partial charge in [0.1, 0.15) is 0 Å². The smallest absolute Gasteiger partial charge is 0.328 e. The zero-order valence-electron chi connectivity index (χ0n) is 6.00. The fraction of sp³-hybridized carbons (Fsp3) is 1.00. The molecule has 0 rings (SSSR count). The van der Waals surface area contributed by atoms with Crippen molar-refractivity contribution in [3.63, 3.8) is 0 Å². The van der Waals surface area contributed by atoms with E-state index in [1.165, 1.54) is 7.11 Å². The number of hydrogen-bond acceptors (Lipinski definition) is 3. The number of rotatable bonds is 4. The first-order valence-corrected chi connectivity index (χ1v) is 3.96. The topological polar surface area (TPSA) is 38.7 Å². The summed E-state index contributed by atoms with van der Waals surface area (Å²) in [7, 11) is -0.188. The number of hydrogen-bond donors (Lipinski definition) is 1. The summed E-state index contributed by atoms with van der Waals surface area (Å²) in [5.41, 5.74) is 0. The fourth-order valence-corrected chi connectivity index (χ4v) is 0.797. The van der Waals surface area contributed by atoms with Gasteiger partial charge in [0.15, 0.2) is 0 Å². The third kappa shape index (κ3) is 6.19. The maximum atomic E-state index is 8.73. The van der Waals surface area contributed by atoms with E-state index in [2.05, 4.69) is 4.52 Å². The lowest BCUT2D eigenvalue weighted by molar-refractivity contribution is 0.206. The van der Waals surface area contributed by atoms with Crippen LogP contribution in [0, 0.1) is 5.92 Å². The summed E-state index contributed by atoms with van der Waals surface area (Å²) in [4.78, 5) is 8.73. The Kier molecular flexibility index (Phi) is 5.30. The van der Waals surface area contributed by atoms with Gasteiger partial charge in [0, 0.05) is 7.11 Å². The summed E-state index contributed by atoms with van der Waals surface area (Å²) < 4.78 is 9.35. The van der Waals surface area contributed by atoms with Gasteiger partial charge >= 0.3 is 8.60 Å². The summed E-state index contributed by atoms with van der Waals surface area (Å²) in [5, 5.41) is 0. The monoisotopic (exact) mass is 152 g/mol. The van der Waals surface area contributed by atoms with Crippen molar-refractivity contribution in [2.45, 2.75) is 13.8 Å². The SMILES string of the molecule is COP(O)OCC(C)C. The van der Waals surface area contributed by atoms with Crippen LogP contribution in [0.15, 0.2) is 0 Å². The minimum absolute atomic E-state index is 0.442. The highest BCUT2D eigenvalue weighted by Crippen LogP contribution is 2.31. The summed E-state index contributed by atoms with van der Waals surface area (Å²) in [5.74, 6) is 0.442. The first-order valence-electron chi connectivity index (χ1n) is 2.83. The second-order valence-corrected chi connectivity index (χ2v) is 3.21. The molecule has 0 aliphatic carbocycles. The molecule has 4 heteroatoms. The molecule has 0 radical (unpaired) electrons. The first kappa shape index (κ1) is 9.31. The van der Waals surface area contributed by atoms with Crippen LogP contribution >= 0.6 is 8.60 Å². The molecule has 0 aromatic heterocycles. The maximum Gasteiger partial charge on any atom is 0.329 e. The van der Waals surface area contributed by atoms with Gasteiger partial charge in [-0.05, 0) is 5.92 Å². The van der Waals surface area contributed by atoms with E-state index in [1.54, 1.807) is 0 Å². The second-order valence-electron chi connectivity index (χ2n) is 2.11. The van der Waals surface area contributed by atoms with Crippen molar-refractivity contribution in [1.29, 1.82) is 0 Å². The molecule has 3 nitrogen and oxygen atoms in total. The van der Waals surface area contributed by atoms with E-state index in [9.17, 15) is 0 Å². The largest absolute Gasteiger partial charge is 0.329 e. The van der Waals surface area contributed by atoms with E-state index in [-0.39, 0.29) is 0 Å². The lowest BCUT2D eigenvalue weighted by Crippen LogP contribution is -1.98. The zero-order chi connectivity index (χ0) is 7.28. The van der Waals surface area contributed by atoms with Crippen molar-refractivity contribution in [2.24, 2.45) is 5.92 Å². The fourth-order valence-electron chi connectivity index (χ4n) is 0.266. The Morgan fingerprint density at radius 2 is 2.11 bits per heavy atom. The summed E-state index contributed by atoms with van der Waals surface area (Å²) in [6, 6.07) is 0. The molecule has 0 aliphatic rings. The predicted octanol–water partition coefficient (Wildman–Crippen LogP) is 1.52. The molecule has 0 fully saturated rings. The van der Waals surface area contributed by atoms with Gasteiger partial charge in [-0.2, -0.15) is 0 Å². The molecule has 1 atom stereocenters. The Bertz CT molecular complexity index is 67.2. The third-order valence-electron chi connectivity index (χ3n) is 0.674. The van der Waals surface area contributed by atoms with E-state index >= 15 is 0 Å². The quantitative estimate of drug-likeness (QED) is 0.621. The van der Waals surface area contributed by atoms with E-state index in [1.807, 2.05) is 13.8 Å². The van der Waals surface area contributed by atoms with Gasteiger partial charge in [-0.15, -0.1) is 0 Å². The molecule has 0 amide bonds. The molecule has 0 spiro atoms. The van der Waals surface area contributed by atoms with Gasteiger partial charge in [0.2, 0.25) is 0 Å². The van der Waals surface area contributed by atoms with E-state index < -0.39 is 8.60 Å². The Balaban J connectivity index is 3.06. The van der Waals surface area contributed by atoms with E-state index in [0.717, 1.165) is 0 Å². The van der Waals surface area contributed by atoms with Crippen LogP contribution in [0.2, 0.25) is 0 Å². The molecule has 9 heavy (non-hydrogen) atoms. The predicted molar refractivity (Wildman–Crippen MR) is 36.9 cm³/mol. The van der Waals surface area contributed by atoms with Gasteiger partial charge in [-0.3, -0.25) is 0 Å².